The van der Waals surface area contributed by atoms with E-state index in [0.717, 1.165) is 16.9 Å². The second kappa shape index (κ2) is 6.70. The van der Waals surface area contributed by atoms with Crippen molar-refractivity contribution in [2.24, 2.45) is 0 Å². The molecule has 0 saturated heterocycles. The van der Waals surface area contributed by atoms with Gasteiger partial charge in [-0.05, 0) is 35.4 Å². The number of carbonyl (C=O) groups excluding carboxylic acids is 1. The van der Waals surface area contributed by atoms with Crippen LogP contribution in [0.5, 0.6) is 5.75 Å². The number of benzene rings is 2. The van der Waals surface area contributed by atoms with Gasteiger partial charge in [0.2, 0.25) is 5.91 Å². The van der Waals surface area contributed by atoms with Crippen LogP contribution in [0.25, 0.3) is 0 Å². The van der Waals surface area contributed by atoms with Gasteiger partial charge in [-0.25, -0.2) is 4.39 Å². The number of hydrogen-bond donors (Lipinski definition) is 1. The summed E-state index contributed by atoms with van der Waals surface area (Å²) in [6.45, 7) is 0.462. The van der Waals surface area contributed by atoms with E-state index in [1.54, 1.807) is 19.2 Å². The van der Waals surface area contributed by atoms with Crippen LogP contribution in [0.2, 0.25) is 0 Å². The first-order valence-corrected chi connectivity index (χ1v) is 6.31. The van der Waals surface area contributed by atoms with Gasteiger partial charge in [-0.2, -0.15) is 0 Å². The molecule has 0 radical (unpaired) electrons. The number of methoxy groups -OCH3 is 1. The van der Waals surface area contributed by atoms with E-state index in [0.29, 0.717) is 6.54 Å². The number of halogens is 1. The summed E-state index contributed by atoms with van der Waals surface area (Å²) in [7, 11) is 1.61. The van der Waals surface area contributed by atoms with Crippen molar-refractivity contribution in [1.82, 2.24) is 5.32 Å². The first-order valence-electron chi connectivity index (χ1n) is 6.31. The van der Waals surface area contributed by atoms with Crippen LogP contribution >= 0.6 is 0 Å². The number of rotatable bonds is 5. The first-order chi connectivity index (χ1) is 9.67. The Bertz CT molecular complexity index is 564. The molecule has 0 saturated carbocycles. The van der Waals surface area contributed by atoms with Gasteiger partial charge in [0.15, 0.2) is 0 Å². The Labute approximate surface area is 117 Å². The second-order valence-corrected chi connectivity index (χ2v) is 4.43. The minimum Gasteiger partial charge on any atom is -0.497 e. The highest BCUT2D eigenvalue weighted by Crippen LogP contribution is 2.11. The van der Waals surface area contributed by atoms with Crippen molar-refractivity contribution in [3.63, 3.8) is 0 Å². The lowest BCUT2D eigenvalue weighted by Crippen LogP contribution is -2.24. The van der Waals surface area contributed by atoms with E-state index >= 15 is 0 Å². The molecule has 4 heteroatoms. The highest BCUT2D eigenvalue weighted by atomic mass is 19.1. The molecule has 0 heterocycles. The molecule has 104 valence electrons. The van der Waals surface area contributed by atoms with Crippen LogP contribution in [0.4, 0.5) is 4.39 Å². The zero-order chi connectivity index (χ0) is 14.4. The molecule has 0 unspecified atom stereocenters. The zero-order valence-corrected chi connectivity index (χ0v) is 11.2. The SMILES string of the molecule is COc1ccc(CNC(=O)Cc2ccc(F)cc2)cc1. The number of hydrogen-bond acceptors (Lipinski definition) is 2. The Morgan fingerprint density at radius 2 is 1.65 bits per heavy atom. The standard InChI is InChI=1S/C16H16FNO2/c1-20-15-8-4-13(5-9-15)11-18-16(19)10-12-2-6-14(17)7-3-12/h2-9H,10-11H2,1H3,(H,18,19). The van der Waals surface area contributed by atoms with E-state index in [2.05, 4.69) is 5.32 Å². The van der Waals surface area contributed by atoms with Crippen molar-refractivity contribution in [2.45, 2.75) is 13.0 Å². The molecule has 1 amide bonds. The molecule has 0 aromatic heterocycles. The molecule has 0 atom stereocenters. The molecule has 0 spiro atoms. The van der Waals surface area contributed by atoms with Gasteiger partial charge in [-0.15, -0.1) is 0 Å². The third-order valence-electron chi connectivity index (χ3n) is 2.93. The number of amides is 1. The Balaban J connectivity index is 1.83. The molecule has 2 rings (SSSR count). The van der Waals surface area contributed by atoms with E-state index < -0.39 is 0 Å². The van der Waals surface area contributed by atoms with Crippen molar-refractivity contribution >= 4 is 5.91 Å². The summed E-state index contributed by atoms with van der Waals surface area (Å²) < 4.78 is 17.8. The van der Waals surface area contributed by atoms with Crippen LogP contribution in [-0.4, -0.2) is 13.0 Å². The number of carbonyl (C=O) groups is 1. The third-order valence-corrected chi connectivity index (χ3v) is 2.93. The van der Waals surface area contributed by atoms with Gasteiger partial charge < -0.3 is 10.1 Å². The Kier molecular flexibility index (Phi) is 4.71. The van der Waals surface area contributed by atoms with Crippen molar-refractivity contribution < 1.29 is 13.9 Å². The summed E-state index contributed by atoms with van der Waals surface area (Å²) in [4.78, 5) is 11.8. The van der Waals surface area contributed by atoms with Gasteiger partial charge in [0.1, 0.15) is 11.6 Å². The average molecular weight is 273 g/mol. The zero-order valence-electron chi connectivity index (χ0n) is 11.2. The van der Waals surface area contributed by atoms with Gasteiger partial charge in [0.05, 0.1) is 13.5 Å². The third kappa shape index (κ3) is 4.09. The lowest BCUT2D eigenvalue weighted by Gasteiger charge is -2.06. The Hall–Kier alpha value is -2.36. The normalized spacial score (nSPS) is 10.1. The molecule has 0 aliphatic rings. The van der Waals surface area contributed by atoms with Crippen LogP contribution in [0.1, 0.15) is 11.1 Å². The molecule has 1 N–H and O–H groups in total. The molecular formula is C16H16FNO2. The smallest absolute Gasteiger partial charge is 0.224 e. The first kappa shape index (κ1) is 14.1. The van der Waals surface area contributed by atoms with E-state index in [1.165, 1.54) is 12.1 Å². The molecule has 2 aromatic carbocycles. The summed E-state index contributed by atoms with van der Waals surface area (Å²) in [6, 6.07) is 13.4. The van der Waals surface area contributed by atoms with Gasteiger partial charge in [-0.1, -0.05) is 24.3 Å². The van der Waals surface area contributed by atoms with Gasteiger partial charge in [0, 0.05) is 6.54 Å². The predicted octanol–water partition coefficient (Wildman–Crippen LogP) is 2.69. The second-order valence-electron chi connectivity index (χ2n) is 4.43. The molecule has 20 heavy (non-hydrogen) atoms. The molecule has 3 nitrogen and oxygen atoms in total. The highest BCUT2D eigenvalue weighted by Gasteiger charge is 2.03. The maximum absolute atomic E-state index is 12.7. The monoisotopic (exact) mass is 273 g/mol. The maximum Gasteiger partial charge on any atom is 0.224 e. The molecule has 0 fully saturated rings. The van der Waals surface area contributed by atoms with E-state index in [1.807, 2.05) is 24.3 Å². The maximum atomic E-state index is 12.7. The van der Waals surface area contributed by atoms with Crippen LogP contribution in [0, 0.1) is 5.82 Å². The van der Waals surface area contributed by atoms with Crippen LogP contribution in [-0.2, 0) is 17.8 Å². The van der Waals surface area contributed by atoms with Gasteiger partial charge in [-0.3, -0.25) is 4.79 Å². The van der Waals surface area contributed by atoms with Gasteiger partial charge >= 0.3 is 0 Å². The highest BCUT2D eigenvalue weighted by molar-refractivity contribution is 5.78. The largest absolute Gasteiger partial charge is 0.497 e. The van der Waals surface area contributed by atoms with Crippen LogP contribution in [0.3, 0.4) is 0 Å². The molecule has 0 aliphatic heterocycles. The van der Waals surface area contributed by atoms with E-state index in [-0.39, 0.29) is 18.1 Å². The molecule has 2 aromatic rings. The summed E-state index contributed by atoms with van der Waals surface area (Å²) in [5, 5.41) is 2.83. The van der Waals surface area contributed by atoms with Crippen LogP contribution < -0.4 is 10.1 Å². The quantitative estimate of drug-likeness (QED) is 0.909. The fourth-order valence-corrected chi connectivity index (χ4v) is 1.79. The summed E-state index contributed by atoms with van der Waals surface area (Å²) >= 11 is 0. The lowest BCUT2D eigenvalue weighted by atomic mass is 10.1. The summed E-state index contributed by atoms with van der Waals surface area (Å²) in [5.41, 5.74) is 1.79. The fraction of sp³-hybridized carbons (Fsp3) is 0.188. The Morgan fingerprint density at radius 3 is 2.25 bits per heavy atom. The minimum atomic E-state index is -0.299. The fourth-order valence-electron chi connectivity index (χ4n) is 1.79. The average Bonchev–Trinajstić information content (AvgIpc) is 2.48. The summed E-state index contributed by atoms with van der Waals surface area (Å²) in [5.74, 6) is 0.395. The molecule has 0 aliphatic carbocycles. The minimum absolute atomic E-state index is 0.0903. The van der Waals surface area contributed by atoms with Crippen molar-refractivity contribution in [3.8, 4) is 5.75 Å². The van der Waals surface area contributed by atoms with Gasteiger partial charge in [0.25, 0.3) is 0 Å². The van der Waals surface area contributed by atoms with Crippen molar-refractivity contribution in [2.75, 3.05) is 7.11 Å². The lowest BCUT2D eigenvalue weighted by molar-refractivity contribution is -0.120. The predicted molar refractivity (Wildman–Crippen MR) is 74.9 cm³/mol. The van der Waals surface area contributed by atoms with E-state index in [4.69, 9.17) is 4.74 Å². The Morgan fingerprint density at radius 1 is 1.05 bits per heavy atom. The van der Waals surface area contributed by atoms with Crippen LogP contribution in [0.15, 0.2) is 48.5 Å². The van der Waals surface area contributed by atoms with Crippen molar-refractivity contribution in [1.29, 1.82) is 0 Å². The van der Waals surface area contributed by atoms with E-state index in [9.17, 15) is 9.18 Å². The molecular weight excluding hydrogens is 257 g/mol. The molecule has 0 bridgehead atoms. The number of ether oxygens (including phenoxy) is 1. The topological polar surface area (TPSA) is 38.3 Å². The summed E-state index contributed by atoms with van der Waals surface area (Å²) in [6.07, 6.45) is 0.246. The van der Waals surface area contributed by atoms with Crippen molar-refractivity contribution in [3.05, 3.63) is 65.5 Å². The number of nitrogens with one attached hydrogen (secondary N) is 1.